The predicted octanol–water partition coefficient (Wildman–Crippen LogP) is 0.960. The third-order valence-corrected chi connectivity index (χ3v) is 10.8. The summed E-state index contributed by atoms with van der Waals surface area (Å²) in [6, 6.07) is 0. The van der Waals surface area contributed by atoms with Crippen molar-refractivity contribution in [2.75, 3.05) is 38.9 Å². The Hall–Kier alpha value is -2.46. The fraction of sp³-hybridized carbons (Fsp3) is 0.545. The standard InChI is InChI=1S/C22H28N10O10P2S2/c1-35-12-8-3-37-43(45)41-13-9(40-20(14(13)36-2)31-6-27-10-16(23)25-5-26-17(10)31)4-38-44(34,46)42-15(12)21(39-8)32-7-28-11-18(32)29-22(24)30-19(11)33/h5-9,12-15,20-21,45H,3-4H2,1-2H3,(H,34,46)(H2,23,25,26)(H3,24,29,30,33)/t8?,9?,12?,13?,14?,15?,20?,21?,43-,44-/m0/s1. The summed E-state index contributed by atoms with van der Waals surface area (Å²) >= 11 is 8.83. The largest absolute Gasteiger partial charge is 0.386 e. The van der Waals surface area contributed by atoms with E-state index in [-0.39, 0.29) is 36.1 Å². The number of hydrogen-bond donors (Lipinski definition) is 5. The number of aromatic nitrogens is 8. The highest BCUT2D eigenvalue weighted by molar-refractivity contribution is 8.44. The number of nitrogens with zero attached hydrogens (tertiary/aromatic N) is 7. The Morgan fingerprint density at radius 2 is 1.70 bits per heavy atom. The van der Waals surface area contributed by atoms with Crippen molar-refractivity contribution in [3.05, 3.63) is 29.3 Å². The summed E-state index contributed by atoms with van der Waals surface area (Å²) in [6.45, 7) is -4.59. The van der Waals surface area contributed by atoms with Crippen LogP contribution in [0.2, 0.25) is 0 Å². The first-order valence-electron chi connectivity index (χ1n) is 13.5. The van der Waals surface area contributed by atoms with Crippen LogP contribution in [0.25, 0.3) is 22.3 Å². The number of nitrogen functional groups attached to an aromatic ring is 2. The van der Waals surface area contributed by atoms with E-state index < -0.39 is 69.0 Å². The lowest BCUT2D eigenvalue weighted by molar-refractivity contribution is -0.0595. The zero-order valence-electron chi connectivity index (χ0n) is 23.9. The molecule has 0 aromatic carbocycles. The Morgan fingerprint density at radius 3 is 2.46 bits per heavy atom. The lowest BCUT2D eigenvalue weighted by atomic mass is 10.1. The lowest BCUT2D eigenvalue weighted by Crippen LogP contribution is -2.36. The fourth-order valence-electron chi connectivity index (χ4n) is 5.72. The van der Waals surface area contributed by atoms with Gasteiger partial charge in [-0.1, -0.05) is 24.5 Å². The van der Waals surface area contributed by atoms with Crippen LogP contribution in [0.15, 0.2) is 23.8 Å². The van der Waals surface area contributed by atoms with E-state index >= 15 is 0 Å². The van der Waals surface area contributed by atoms with Gasteiger partial charge in [0.1, 0.15) is 48.5 Å². The fourth-order valence-corrected chi connectivity index (χ4v) is 8.50. The van der Waals surface area contributed by atoms with Crippen molar-refractivity contribution in [1.29, 1.82) is 0 Å². The second-order valence-corrected chi connectivity index (χ2v) is 15.1. The van der Waals surface area contributed by atoms with E-state index in [1.165, 1.54) is 37.8 Å². The van der Waals surface area contributed by atoms with E-state index in [2.05, 4.69) is 54.4 Å². The van der Waals surface area contributed by atoms with Crippen LogP contribution < -0.4 is 17.0 Å². The van der Waals surface area contributed by atoms with Crippen LogP contribution in [-0.2, 0) is 41.6 Å². The van der Waals surface area contributed by atoms with Gasteiger partial charge in [0.05, 0.1) is 25.9 Å². The van der Waals surface area contributed by atoms with Gasteiger partial charge in [0.25, 0.3) is 5.56 Å². The first-order valence-corrected chi connectivity index (χ1v) is 18.6. The average Bonchev–Trinajstić information content (AvgIpc) is 3.78. The van der Waals surface area contributed by atoms with Gasteiger partial charge in [0.15, 0.2) is 35.1 Å². The summed E-state index contributed by atoms with van der Waals surface area (Å²) in [5.41, 5.74) is 12.1. The van der Waals surface area contributed by atoms with Crippen LogP contribution in [0, 0.1) is 0 Å². The van der Waals surface area contributed by atoms with Gasteiger partial charge < -0.3 is 39.5 Å². The van der Waals surface area contributed by atoms with Crippen LogP contribution >= 0.6 is 38.9 Å². The van der Waals surface area contributed by atoms with Gasteiger partial charge in [-0.15, -0.1) is 0 Å². The van der Waals surface area contributed by atoms with Crippen molar-refractivity contribution in [1.82, 2.24) is 39.0 Å². The molecule has 20 nitrogen and oxygen atoms in total. The molecule has 0 saturated carbocycles. The number of nitrogens with one attached hydrogen (secondary N) is 1. The van der Waals surface area contributed by atoms with Crippen molar-refractivity contribution in [3.63, 3.8) is 0 Å². The Morgan fingerprint density at radius 1 is 0.978 bits per heavy atom. The molecule has 3 aliphatic heterocycles. The molecule has 2 bridgehead atoms. The van der Waals surface area contributed by atoms with Crippen molar-refractivity contribution < 1.29 is 41.6 Å². The van der Waals surface area contributed by atoms with Gasteiger partial charge in [-0.2, -0.15) is 4.98 Å². The SMILES string of the molecule is COC1C2CO[P@](S)OC3C(CO[P@](=O)(S)OC1C(n1cnc4c(=O)[nH]c(N)nc41)O2)OC(n1cnc2c(N)ncnc21)C3OC. The average molecular weight is 719 g/mol. The molecular formula is C22H28N10O10P2S2. The van der Waals surface area contributed by atoms with Crippen molar-refractivity contribution in [2.45, 2.75) is 49.1 Å². The van der Waals surface area contributed by atoms with Crippen molar-refractivity contribution >= 4 is 73.0 Å². The maximum atomic E-state index is 13.8. The first-order chi connectivity index (χ1) is 22.1. The molecule has 0 spiro atoms. The molecule has 4 aromatic heterocycles. The molecule has 5 N–H and O–H groups in total. The Balaban J connectivity index is 1.21. The number of H-pyrrole nitrogens is 1. The van der Waals surface area contributed by atoms with Crippen LogP contribution in [-0.4, -0.2) is 103 Å². The molecule has 248 valence electrons. The molecule has 3 saturated heterocycles. The topological polar surface area (TPSA) is 250 Å². The molecular weight excluding hydrogens is 690 g/mol. The Labute approximate surface area is 270 Å². The summed E-state index contributed by atoms with van der Waals surface area (Å²) in [4.78, 5) is 35.8. The molecule has 0 radical (unpaired) electrons. The van der Waals surface area contributed by atoms with E-state index in [1.54, 1.807) is 4.57 Å². The smallest absolute Gasteiger partial charge is 0.382 e. The van der Waals surface area contributed by atoms with Crippen molar-refractivity contribution in [3.8, 4) is 0 Å². The predicted molar refractivity (Wildman–Crippen MR) is 166 cm³/mol. The molecule has 0 amide bonds. The third kappa shape index (κ3) is 5.69. The highest BCUT2D eigenvalue weighted by Gasteiger charge is 2.53. The number of ether oxygens (including phenoxy) is 4. The minimum atomic E-state index is -4.19. The lowest BCUT2D eigenvalue weighted by Gasteiger charge is -2.27. The van der Waals surface area contributed by atoms with E-state index in [0.29, 0.717) is 11.2 Å². The van der Waals surface area contributed by atoms with Crippen LogP contribution in [0.1, 0.15) is 12.5 Å². The molecule has 46 heavy (non-hydrogen) atoms. The molecule has 7 rings (SSSR count). The van der Waals surface area contributed by atoms with E-state index in [1.807, 2.05) is 0 Å². The normalized spacial score (nSPS) is 35.5. The second-order valence-electron chi connectivity index (χ2n) is 10.3. The molecule has 10 atom stereocenters. The number of methoxy groups -OCH3 is 2. The number of fused-ring (bicyclic) bond motifs is 5. The Bertz CT molecular complexity index is 1860. The molecule has 3 fully saturated rings. The first kappa shape index (κ1) is 32.1. The maximum Gasteiger partial charge on any atom is 0.386 e. The second kappa shape index (κ2) is 12.5. The van der Waals surface area contributed by atoms with Crippen molar-refractivity contribution in [2.24, 2.45) is 0 Å². The molecule has 7 heterocycles. The van der Waals surface area contributed by atoms with Crippen LogP contribution in [0.3, 0.4) is 0 Å². The summed E-state index contributed by atoms with van der Waals surface area (Å²) in [5, 5.41) is 0. The number of rotatable bonds is 4. The molecule has 0 aliphatic carbocycles. The molecule has 24 heteroatoms. The van der Waals surface area contributed by atoms with Crippen LogP contribution in [0.5, 0.6) is 0 Å². The zero-order valence-corrected chi connectivity index (χ0v) is 27.5. The van der Waals surface area contributed by atoms with E-state index in [9.17, 15) is 9.36 Å². The van der Waals surface area contributed by atoms with E-state index in [4.69, 9.17) is 48.5 Å². The molecule has 8 unspecified atom stereocenters. The number of aromatic amines is 1. The minimum absolute atomic E-state index is 0.00343. The monoisotopic (exact) mass is 718 g/mol. The summed E-state index contributed by atoms with van der Waals surface area (Å²) in [5.74, 6) is 0.0528. The highest BCUT2D eigenvalue weighted by Crippen LogP contribution is 2.58. The number of imidazole rings is 2. The van der Waals surface area contributed by atoms with Gasteiger partial charge in [0.2, 0.25) is 13.5 Å². The van der Waals surface area contributed by atoms with Gasteiger partial charge >= 0.3 is 6.80 Å². The maximum absolute atomic E-state index is 13.8. The highest BCUT2D eigenvalue weighted by atomic mass is 32.7. The van der Waals surface area contributed by atoms with Gasteiger partial charge in [-0.3, -0.25) is 28.0 Å². The molecule has 4 aromatic rings. The van der Waals surface area contributed by atoms with E-state index in [0.717, 1.165) is 0 Å². The third-order valence-electron chi connectivity index (χ3n) is 7.72. The minimum Gasteiger partial charge on any atom is -0.382 e. The number of hydrogen-bond acceptors (Lipinski definition) is 18. The van der Waals surface area contributed by atoms with Crippen LogP contribution in [0.4, 0.5) is 11.8 Å². The number of anilines is 2. The summed E-state index contributed by atoms with van der Waals surface area (Å²) in [7, 11) is 1.03. The van der Waals surface area contributed by atoms with Gasteiger partial charge in [0, 0.05) is 14.2 Å². The van der Waals surface area contributed by atoms with Gasteiger partial charge in [-0.25, -0.2) is 24.5 Å². The number of thiol groups is 2. The molecule has 3 aliphatic rings. The summed E-state index contributed by atoms with van der Waals surface area (Å²) in [6.07, 6.45) is -3.02. The van der Waals surface area contributed by atoms with Gasteiger partial charge in [-0.05, 0) is 0 Å². The summed E-state index contributed by atoms with van der Waals surface area (Å²) < 4.78 is 65.0. The zero-order chi connectivity index (χ0) is 32.3. The number of nitrogens with two attached hydrogens (primary N) is 2. The Kier molecular flexibility index (Phi) is 8.75. The quantitative estimate of drug-likeness (QED) is 0.146.